The molecule has 172 valence electrons. The maximum absolute atomic E-state index is 13.2. The highest BCUT2D eigenvalue weighted by molar-refractivity contribution is 6.30. The Kier molecular flexibility index (Phi) is 7.94. The summed E-state index contributed by atoms with van der Waals surface area (Å²) in [6, 6.07) is 23.3. The van der Waals surface area contributed by atoms with E-state index in [2.05, 4.69) is 10.1 Å². The molecule has 2 atom stereocenters. The molecule has 3 aromatic carbocycles. The second-order valence-electron chi connectivity index (χ2n) is 8.08. The number of halogens is 2. The number of hydrogen-bond acceptors (Lipinski definition) is 5. The molecular formula is C26H26ClFN2O3. The number of ether oxygens (including phenoxy) is 1. The minimum absolute atomic E-state index is 0.175. The van der Waals surface area contributed by atoms with Crippen LogP contribution in [0.1, 0.15) is 17.5 Å². The molecule has 0 saturated carbocycles. The van der Waals surface area contributed by atoms with Crippen LogP contribution in [0.2, 0.25) is 5.02 Å². The van der Waals surface area contributed by atoms with Crippen molar-refractivity contribution in [3.05, 3.63) is 101 Å². The SMILES string of the molecule is O[C@H](COc1ccccc1)CN(Cc1cccc(Cl)c1)C[C@@H]1CC(c2ccc(F)cc2)=NO1. The van der Waals surface area contributed by atoms with Crippen LogP contribution in [0.5, 0.6) is 5.75 Å². The van der Waals surface area contributed by atoms with Crippen LogP contribution in [0.25, 0.3) is 0 Å². The molecule has 1 aliphatic rings. The van der Waals surface area contributed by atoms with Crippen molar-refractivity contribution in [1.29, 1.82) is 0 Å². The molecule has 0 aliphatic carbocycles. The van der Waals surface area contributed by atoms with Gasteiger partial charge in [-0.25, -0.2) is 4.39 Å². The van der Waals surface area contributed by atoms with Crippen LogP contribution in [-0.4, -0.2) is 47.6 Å². The van der Waals surface area contributed by atoms with Gasteiger partial charge in [-0.2, -0.15) is 0 Å². The molecular weight excluding hydrogens is 443 g/mol. The lowest BCUT2D eigenvalue weighted by Crippen LogP contribution is -2.39. The summed E-state index contributed by atoms with van der Waals surface area (Å²) in [5.74, 6) is 0.434. The summed E-state index contributed by atoms with van der Waals surface area (Å²) in [7, 11) is 0. The Bertz CT molecular complexity index is 1060. The van der Waals surface area contributed by atoms with Crippen molar-refractivity contribution in [2.75, 3.05) is 19.7 Å². The van der Waals surface area contributed by atoms with E-state index in [0.29, 0.717) is 31.1 Å². The zero-order chi connectivity index (χ0) is 23.0. The van der Waals surface area contributed by atoms with Crippen molar-refractivity contribution in [2.45, 2.75) is 25.2 Å². The zero-order valence-corrected chi connectivity index (χ0v) is 18.9. The van der Waals surface area contributed by atoms with E-state index in [9.17, 15) is 9.50 Å². The minimum atomic E-state index is -0.691. The third kappa shape index (κ3) is 7.02. The summed E-state index contributed by atoms with van der Waals surface area (Å²) in [5.41, 5.74) is 2.67. The second kappa shape index (κ2) is 11.3. The van der Waals surface area contributed by atoms with Gasteiger partial charge in [-0.15, -0.1) is 0 Å². The van der Waals surface area contributed by atoms with E-state index in [1.54, 1.807) is 12.1 Å². The summed E-state index contributed by atoms with van der Waals surface area (Å²) < 4.78 is 18.9. The smallest absolute Gasteiger partial charge is 0.145 e. The number of oxime groups is 1. The van der Waals surface area contributed by atoms with Gasteiger partial charge in [0.15, 0.2) is 0 Å². The molecule has 0 amide bonds. The predicted molar refractivity (Wildman–Crippen MR) is 127 cm³/mol. The van der Waals surface area contributed by atoms with Crippen molar-refractivity contribution in [3.63, 3.8) is 0 Å². The van der Waals surface area contributed by atoms with Crippen molar-refractivity contribution >= 4 is 17.3 Å². The van der Waals surface area contributed by atoms with Gasteiger partial charge in [0.05, 0.1) is 5.71 Å². The van der Waals surface area contributed by atoms with E-state index in [-0.39, 0.29) is 18.5 Å². The van der Waals surface area contributed by atoms with Gasteiger partial charge in [-0.1, -0.05) is 59.2 Å². The lowest BCUT2D eigenvalue weighted by Gasteiger charge is -2.27. The molecule has 0 radical (unpaired) electrons. The predicted octanol–water partition coefficient (Wildman–Crippen LogP) is 4.91. The first-order chi connectivity index (χ1) is 16.0. The normalized spacial score (nSPS) is 16.4. The van der Waals surface area contributed by atoms with Crippen molar-refractivity contribution in [1.82, 2.24) is 4.90 Å². The summed E-state index contributed by atoms with van der Waals surface area (Å²) >= 11 is 6.16. The Hall–Kier alpha value is -2.93. The minimum Gasteiger partial charge on any atom is -0.491 e. The molecule has 0 saturated heterocycles. The first-order valence-corrected chi connectivity index (χ1v) is 11.2. The lowest BCUT2D eigenvalue weighted by molar-refractivity contribution is 0.0213. The topological polar surface area (TPSA) is 54.3 Å². The van der Waals surface area contributed by atoms with Gasteiger partial charge in [0.25, 0.3) is 0 Å². The number of benzene rings is 3. The largest absolute Gasteiger partial charge is 0.491 e. The number of aliphatic hydroxyl groups excluding tert-OH is 1. The molecule has 1 heterocycles. The Morgan fingerprint density at radius 3 is 2.64 bits per heavy atom. The Morgan fingerprint density at radius 2 is 1.88 bits per heavy atom. The van der Waals surface area contributed by atoms with Crippen LogP contribution < -0.4 is 4.74 Å². The molecule has 0 unspecified atom stereocenters. The van der Waals surface area contributed by atoms with Gasteiger partial charge in [0.2, 0.25) is 0 Å². The zero-order valence-electron chi connectivity index (χ0n) is 18.1. The van der Waals surface area contributed by atoms with Crippen LogP contribution in [0, 0.1) is 5.82 Å². The van der Waals surface area contributed by atoms with Crippen molar-refractivity contribution in [2.24, 2.45) is 5.16 Å². The highest BCUT2D eigenvalue weighted by Crippen LogP contribution is 2.20. The van der Waals surface area contributed by atoms with Gasteiger partial charge < -0.3 is 14.7 Å². The maximum Gasteiger partial charge on any atom is 0.145 e. The van der Waals surface area contributed by atoms with E-state index in [4.69, 9.17) is 21.2 Å². The van der Waals surface area contributed by atoms with E-state index >= 15 is 0 Å². The summed E-state index contributed by atoms with van der Waals surface area (Å²) in [6.07, 6.45) is -0.261. The molecule has 5 nitrogen and oxygen atoms in total. The first-order valence-electron chi connectivity index (χ1n) is 10.9. The van der Waals surface area contributed by atoms with E-state index < -0.39 is 6.10 Å². The lowest BCUT2D eigenvalue weighted by atomic mass is 10.0. The third-order valence-electron chi connectivity index (χ3n) is 5.32. The number of nitrogens with zero attached hydrogens (tertiary/aromatic N) is 2. The van der Waals surface area contributed by atoms with Gasteiger partial charge >= 0.3 is 0 Å². The Balaban J connectivity index is 1.37. The van der Waals surface area contributed by atoms with E-state index in [0.717, 1.165) is 22.6 Å². The third-order valence-corrected chi connectivity index (χ3v) is 5.56. The fourth-order valence-electron chi connectivity index (χ4n) is 3.78. The van der Waals surface area contributed by atoms with E-state index in [1.807, 2.05) is 54.6 Å². The Morgan fingerprint density at radius 1 is 1.09 bits per heavy atom. The van der Waals surface area contributed by atoms with Gasteiger partial charge in [-0.3, -0.25) is 4.90 Å². The Labute approximate surface area is 198 Å². The van der Waals surface area contributed by atoms with Gasteiger partial charge in [0, 0.05) is 31.1 Å². The van der Waals surface area contributed by atoms with Crippen LogP contribution in [0.3, 0.4) is 0 Å². The summed E-state index contributed by atoms with van der Waals surface area (Å²) in [6.45, 7) is 1.72. The highest BCUT2D eigenvalue weighted by Gasteiger charge is 2.26. The average Bonchev–Trinajstić information content (AvgIpc) is 3.27. The number of hydrogen-bond donors (Lipinski definition) is 1. The van der Waals surface area contributed by atoms with Gasteiger partial charge in [-0.05, 0) is 47.5 Å². The molecule has 3 aromatic rings. The molecule has 1 aliphatic heterocycles. The average molecular weight is 469 g/mol. The van der Waals surface area contributed by atoms with Crippen molar-refractivity contribution in [3.8, 4) is 5.75 Å². The monoisotopic (exact) mass is 468 g/mol. The first kappa shape index (κ1) is 23.2. The second-order valence-corrected chi connectivity index (χ2v) is 8.51. The van der Waals surface area contributed by atoms with E-state index in [1.165, 1.54) is 12.1 Å². The van der Waals surface area contributed by atoms with Crippen LogP contribution in [0.4, 0.5) is 4.39 Å². The molecule has 0 aromatic heterocycles. The highest BCUT2D eigenvalue weighted by atomic mass is 35.5. The fourth-order valence-corrected chi connectivity index (χ4v) is 4.00. The maximum atomic E-state index is 13.2. The van der Waals surface area contributed by atoms with Crippen LogP contribution >= 0.6 is 11.6 Å². The van der Waals surface area contributed by atoms with Gasteiger partial charge in [0.1, 0.15) is 30.4 Å². The molecule has 4 rings (SSSR count). The number of rotatable bonds is 10. The van der Waals surface area contributed by atoms with Crippen molar-refractivity contribution < 1.29 is 19.1 Å². The number of aliphatic hydroxyl groups is 1. The quantitative estimate of drug-likeness (QED) is 0.459. The molecule has 7 heteroatoms. The van der Waals surface area contributed by atoms with Crippen LogP contribution in [0.15, 0.2) is 84.0 Å². The fraction of sp³-hybridized carbons (Fsp3) is 0.269. The molecule has 0 spiro atoms. The standard InChI is InChI=1S/C26H26ClFN2O3/c27-21-6-4-5-19(13-21)15-30(16-23(31)18-32-24-7-2-1-3-8-24)17-25-14-26(29-33-25)20-9-11-22(28)12-10-20/h1-13,23,25,31H,14-18H2/t23-,25-/m0/s1. The summed E-state index contributed by atoms with van der Waals surface area (Å²) in [4.78, 5) is 7.78. The molecule has 0 bridgehead atoms. The molecule has 0 fully saturated rings. The molecule has 1 N–H and O–H groups in total. The summed E-state index contributed by atoms with van der Waals surface area (Å²) in [5, 5.41) is 15.5. The van der Waals surface area contributed by atoms with Crippen LogP contribution in [-0.2, 0) is 11.4 Å². The molecule has 33 heavy (non-hydrogen) atoms. The number of para-hydroxylation sites is 1.